The molecule has 0 saturated carbocycles. The van der Waals surface area contributed by atoms with Gasteiger partial charge in [0.2, 0.25) is 0 Å². The molecule has 1 heterocycles. The van der Waals surface area contributed by atoms with Crippen LogP contribution < -0.4 is 5.73 Å². The highest BCUT2D eigenvalue weighted by molar-refractivity contribution is 5.85. The molecule has 0 aromatic rings. The number of hydrogen-bond acceptors (Lipinski definition) is 2. The van der Waals surface area contributed by atoms with Crippen LogP contribution in [0.3, 0.4) is 0 Å². The van der Waals surface area contributed by atoms with Crippen molar-refractivity contribution in [2.45, 2.75) is 32.4 Å². The second kappa shape index (κ2) is 4.29. The maximum atomic E-state index is 5.81. The summed E-state index contributed by atoms with van der Waals surface area (Å²) in [5, 5.41) is 0. The van der Waals surface area contributed by atoms with E-state index in [9.17, 15) is 0 Å². The molecule has 1 aliphatic heterocycles. The van der Waals surface area contributed by atoms with Gasteiger partial charge in [-0.25, -0.2) is 0 Å². The van der Waals surface area contributed by atoms with Crippen molar-refractivity contribution in [1.29, 1.82) is 0 Å². The highest BCUT2D eigenvalue weighted by Gasteiger charge is 2.28. The van der Waals surface area contributed by atoms with Crippen LogP contribution in [-0.2, 0) is 0 Å². The van der Waals surface area contributed by atoms with Gasteiger partial charge in [-0.3, -0.25) is 0 Å². The summed E-state index contributed by atoms with van der Waals surface area (Å²) in [5.41, 5.74) is 5.81. The van der Waals surface area contributed by atoms with Crippen molar-refractivity contribution in [3.63, 3.8) is 0 Å². The molecule has 0 aromatic carbocycles. The van der Waals surface area contributed by atoms with Gasteiger partial charge < -0.3 is 10.6 Å². The first-order valence-electron chi connectivity index (χ1n) is 4.07. The summed E-state index contributed by atoms with van der Waals surface area (Å²) in [6, 6.07) is 1.13. The van der Waals surface area contributed by atoms with Gasteiger partial charge in [-0.2, -0.15) is 0 Å². The maximum Gasteiger partial charge on any atom is 0.0182 e. The minimum atomic E-state index is 0. The predicted octanol–water partition coefficient (Wildman–Crippen LogP) is 1.10. The second-order valence-corrected chi connectivity index (χ2v) is 3.75. The first-order chi connectivity index (χ1) is 4.61. The highest BCUT2D eigenvalue weighted by Crippen LogP contribution is 2.20. The van der Waals surface area contributed by atoms with E-state index in [0.29, 0.717) is 6.04 Å². The van der Waals surface area contributed by atoms with Gasteiger partial charge in [-0.05, 0) is 19.4 Å². The number of nitrogens with zero attached hydrogens (tertiary/aromatic N) is 1. The van der Waals surface area contributed by atoms with E-state index in [1.807, 2.05) is 0 Å². The Morgan fingerprint density at radius 1 is 1.45 bits per heavy atom. The molecule has 2 unspecified atom stereocenters. The highest BCUT2D eigenvalue weighted by atomic mass is 35.5. The van der Waals surface area contributed by atoms with Crippen molar-refractivity contribution >= 4 is 12.4 Å². The third-order valence-electron chi connectivity index (χ3n) is 2.40. The number of likely N-dealkylation sites (N-methyl/N-ethyl adjacent to an activating group) is 1. The molecular weight excluding hydrogens is 160 g/mol. The summed E-state index contributed by atoms with van der Waals surface area (Å²) in [6.45, 7) is 5.60. The molecule has 68 valence electrons. The van der Waals surface area contributed by atoms with Crippen LogP contribution in [0.1, 0.15) is 20.3 Å². The third-order valence-corrected chi connectivity index (χ3v) is 2.40. The lowest BCUT2D eigenvalue weighted by atomic mass is 10.0. The number of halogens is 1. The molecule has 0 aromatic heterocycles. The standard InChI is InChI=1S/C8H18N2.ClH/c1-6(2)8-4-7(9)5-10(8)3;/h6-8H,4-5,9H2,1-3H3;1H. The first kappa shape index (κ1) is 11.2. The van der Waals surface area contributed by atoms with Crippen LogP contribution in [0.25, 0.3) is 0 Å². The Balaban J connectivity index is 0.000001000. The van der Waals surface area contributed by atoms with Gasteiger partial charge in [0.05, 0.1) is 0 Å². The molecule has 1 saturated heterocycles. The zero-order valence-corrected chi connectivity index (χ0v) is 8.40. The molecular formula is C8H19ClN2. The van der Waals surface area contributed by atoms with E-state index >= 15 is 0 Å². The van der Waals surface area contributed by atoms with Crippen LogP contribution in [0, 0.1) is 5.92 Å². The molecule has 2 nitrogen and oxygen atoms in total. The number of nitrogens with two attached hydrogens (primary N) is 1. The summed E-state index contributed by atoms with van der Waals surface area (Å²) >= 11 is 0. The van der Waals surface area contributed by atoms with Gasteiger partial charge in [0.25, 0.3) is 0 Å². The fraction of sp³-hybridized carbons (Fsp3) is 1.00. The van der Waals surface area contributed by atoms with Gasteiger partial charge in [0.1, 0.15) is 0 Å². The molecule has 2 atom stereocenters. The number of rotatable bonds is 1. The zero-order valence-electron chi connectivity index (χ0n) is 7.58. The van der Waals surface area contributed by atoms with Crippen molar-refractivity contribution in [1.82, 2.24) is 4.90 Å². The van der Waals surface area contributed by atoms with Gasteiger partial charge in [-0.1, -0.05) is 13.8 Å². The minimum Gasteiger partial charge on any atom is -0.326 e. The lowest BCUT2D eigenvalue weighted by Gasteiger charge is -2.22. The van der Waals surface area contributed by atoms with Gasteiger partial charge in [-0.15, -0.1) is 12.4 Å². The van der Waals surface area contributed by atoms with Crippen LogP contribution >= 0.6 is 12.4 Å². The molecule has 1 fully saturated rings. The van der Waals surface area contributed by atoms with Gasteiger partial charge in [0, 0.05) is 18.6 Å². The molecule has 11 heavy (non-hydrogen) atoms. The van der Waals surface area contributed by atoms with Crippen molar-refractivity contribution in [2.24, 2.45) is 11.7 Å². The van der Waals surface area contributed by atoms with Crippen LogP contribution in [0.5, 0.6) is 0 Å². The Hall–Kier alpha value is 0.210. The van der Waals surface area contributed by atoms with Crippen molar-refractivity contribution in [3.8, 4) is 0 Å². The largest absolute Gasteiger partial charge is 0.326 e. The SMILES string of the molecule is CC(C)C1CC(N)CN1C.Cl. The molecule has 0 aliphatic carbocycles. The molecule has 0 amide bonds. The summed E-state index contributed by atoms with van der Waals surface area (Å²) in [6.07, 6.45) is 1.17. The number of hydrogen-bond donors (Lipinski definition) is 1. The van der Waals surface area contributed by atoms with E-state index in [0.717, 1.165) is 18.5 Å². The molecule has 0 bridgehead atoms. The average molecular weight is 179 g/mol. The lowest BCUT2D eigenvalue weighted by Crippen LogP contribution is -2.29. The summed E-state index contributed by atoms with van der Waals surface area (Å²) < 4.78 is 0. The molecule has 2 N–H and O–H groups in total. The molecule has 3 heteroatoms. The van der Waals surface area contributed by atoms with Crippen molar-refractivity contribution in [3.05, 3.63) is 0 Å². The lowest BCUT2D eigenvalue weighted by molar-refractivity contribution is 0.250. The summed E-state index contributed by atoms with van der Waals surface area (Å²) in [4.78, 5) is 2.37. The zero-order chi connectivity index (χ0) is 7.72. The molecule has 0 spiro atoms. The van der Waals surface area contributed by atoms with E-state index in [-0.39, 0.29) is 12.4 Å². The van der Waals surface area contributed by atoms with Gasteiger partial charge in [0.15, 0.2) is 0 Å². The average Bonchev–Trinajstić information content (AvgIpc) is 2.10. The Kier molecular flexibility index (Phi) is 4.37. The number of likely N-dealkylation sites (tertiary alicyclic amines) is 1. The first-order valence-corrected chi connectivity index (χ1v) is 4.07. The van der Waals surface area contributed by atoms with E-state index in [2.05, 4.69) is 25.8 Å². The van der Waals surface area contributed by atoms with Crippen LogP contribution in [0.15, 0.2) is 0 Å². The smallest absolute Gasteiger partial charge is 0.0182 e. The molecule has 0 radical (unpaired) electrons. The van der Waals surface area contributed by atoms with Crippen LogP contribution in [-0.4, -0.2) is 30.6 Å². The predicted molar refractivity (Wildman–Crippen MR) is 51.1 cm³/mol. The van der Waals surface area contributed by atoms with Crippen LogP contribution in [0.2, 0.25) is 0 Å². The van der Waals surface area contributed by atoms with E-state index in [4.69, 9.17) is 5.73 Å². The van der Waals surface area contributed by atoms with E-state index in [1.165, 1.54) is 6.42 Å². The van der Waals surface area contributed by atoms with Gasteiger partial charge >= 0.3 is 0 Å². The van der Waals surface area contributed by atoms with E-state index in [1.54, 1.807) is 0 Å². The Morgan fingerprint density at radius 3 is 2.18 bits per heavy atom. The maximum absolute atomic E-state index is 5.81. The van der Waals surface area contributed by atoms with Crippen LogP contribution in [0.4, 0.5) is 0 Å². The summed E-state index contributed by atoms with van der Waals surface area (Å²) in [5.74, 6) is 0.749. The minimum absolute atomic E-state index is 0. The monoisotopic (exact) mass is 178 g/mol. The molecule has 1 rings (SSSR count). The Morgan fingerprint density at radius 2 is 2.00 bits per heavy atom. The Labute approximate surface area is 75.5 Å². The summed E-state index contributed by atoms with van der Waals surface area (Å²) in [7, 11) is 2.16. The normalized spacial score (nSPS) is 32.5. The third kappa shape index (κ3) is 2.62. The quantitative estimate of drug-likeness (QED) is 0.652. The topological polar surface area (TPSA) is 29.3 Å². The van der Waals surface area contributed by atoms with E-state index < -0.39 is 0 Å². The molecule has 1 aliphatic rings. The van der Waals surface area contributed by atoms with Crippen molar-refractivity contribution < 1.29 is 0 Å². The van der Waals surface area contributed by atoms with Crippen molar-refractivity contribution in [2.75, 3.05) is 13.6 Å². The second-order valence-electron chi connectivity index (χ2n) is 3.75. The Bertz CT molecular complexity index is 117. The fourth-order valence-electron chi connectivity index (χ4n) is 1.85. The fourth-order valence-corrected chi connectivity index (χ4v) is 1.85.